The van der Waals surface area contributed by atoms with Crippen molar-refractivity contribution in [2.24, 2.45) is 0 Å². The molecule has 0 fully saturated rings. The van der Waals surface area contributed by atoms with Gasteiger partial charge >= 0.3 is 0 Å². The van der Waals surface area contributed by atoms with Crippen molar-refractivity contribution in [2.75, 3.05) is 0 Å². The molecule has 0 radical (unpaired) electrons. The van der Waals surface area contributed by atoms with Crippen molar-refractivity contribution < 1.29 is 8.83 Å². The Bertz CT molecular complexity index is 3450. The molecule has 0 N–H and O–H groups in total. The summed E-state index contributed by atoms with van der Waals surface area (Å²) in [4.78, 5) is 0. The van der Waals surface area contributed by atoms with Crippen LogP contribution < -0.4 is 0 Å². The van der Waals surface area contributed by atoms with E-state index in [1.807, 2.05) is 12.1 Å². The van der Waals surface area contributed by atoms with Crippen LogP contribution in [-0.4, -0.2) is 0 Å². The van der Waals surface area contributed by atoms with Gasteiger partial charge in [0.1, 0.15) is 22.3 Å². The van der Waals surface area contributed by atoms with E-state index in [4.69, 9.17) is 8.83 Å². The van der Waals surface area contributed by atoms with Gasteiger partial charge in [0.15, 0.2) is 0 Å². The molecule has 0 aliphatic heterocycles. The van der Waals surface area contributed by atoms with E-state index in [0.717, 1.165) is 65.8 Å². The van der Waals surface area contributed by atoms with Gasteiger partial charge in [-0.3, -0.25) is 0 Å². The SMILES string of the molecule is c1ccc2cc(-c3c4ccccc4c(-c4ccc5c(c4)oc4c6ccccc6c(-c6ccc7oc8ccccc8c7c6)cc54)c4ccccc34)ccc2c1. The number of para-hydroxylation sites is 1. The topological polar surface area (TPSA) is 26.3 Å². The summed E-state index contributed by atoms with van der Waals surface area (Å²) < 4.78 is 13.1. The summed E-state index contributed by atoms with van der Waals surface area (Å²) in [5.74, 6) is 0. The highest BCUT2D eigenvalue weighted by molar-refractivity contribution is 6.24. The van der Waals surface area contributed by atoms with Gasteiger partial charge in [0.25, 0.3) is 0 Å². The number of hydrogen-bond donors (Lipinski definition) is 0. The first kappa shape index (κ1) is 29.4. The van der Waals surface area contributed by atoms with Crippen molar-refractivity contribution >= 4 is 87.0 Å². The Morgan fingerprint density at radius 2 is 0.796 bits per heavy atom. The molecular formula is C52H30O2. The third-order valence-electron chi connectivity index (χ3n) is 11.4. The van der Waals surface area contributed by atoms with Gasteiger partial charge in [-0.15, -0.1) is 0 Å². The molecule has 0 unspecified atom stereocenters. The zero-order valence-corrected chi connectivity index (χ0v) is 29.1. The Morgan fingerprint density at radius 1 is 0.259 bits per heavy atom. The van der Waals surface area contributed by atoms with Gasteiger partial charge in [-0.25, -0.2) is 0 Å². The van der Waals surface area contributed by atoms with Crippen LogP contribution in [0.5, 0.6) is 0 Å². The van der Waals surface area contributed by atoms with E-state index in [1.165, 1.54) is 54.6 Å². The zero-order chi connectivity index (χ0) is 35.3. The van der Waals surface area contributed by atoms with Crippen LogP contribution >= 0.6 is 0 Å². The van der Waals surface area contributed by atoms with Gasteiger partial charge in [-0.05, 0) is 114 Å². The van der Waals surface area contributed by atoms with E-state index in [0.29, 0.717) is 0 Å². The molecule has 2 heterocycles. The summed E-state index contributed by atoms with van der Waals surface area (Å²) in [6, 6.07) is 65.6. The molecule has 2 heteroatoms. The summed E-state index contributed by atoms with van der Waals surface area (Å²) in [6.07, 6.45) is 0. The molecule has 2 nitrogen and oxygen atoms in total. The molecule has 0 bridgehead atoms. The fourth-order valence-corrected chi connectivity index (χ4v) is 8.98. The van der Waals surface area contributed by atoms with Crippen LogP contribution in [0.3, 0.4) is 0 Å². The van der Waals surface area contributed by atoms with Crippen molar-refractivity contribution in [1.29, 1.82) is 0 Å². The molecular weight excluding hydrogens is 657 g/mol. The number of hydrogen-bond acceptors (Lipinski definition) is 2. The van der Waals surface area contributed by atoms with Crippen molar-refractivity contribution in [3.05, 3.63) is 182 Å². The molecule has 2 aromatic heterocycles. The molecule has 0 amide bonds. The maximum Gasteiger partial charge on any atom is 0.143 e. The molecule has 54 heavy (non-hydrogen) atoms. The Morgan fingerprint density at radius 3 is 1.54 bits per heavy atom. The largest absolute Gasteiger partial charge is 0.456 e. The van der Waals surface area contributed by atoms with E-state index < -0.39 is 0 Å². The van der Waals surface area contributed by atoms with Gasteiger partial charge in [0.05, 0.1) is 0 Å². The van der Waals surface area contributed by atoms with E-state index in [-0.39, 0.29) is 0 Å². The second-order valence-electron chi connectivity index (χ2n) is 14.4. The van der Waals surface area contributed by atoms with Gasteiger partial charge in [0.2, 0.25) is 0 Å². The molecule has 12 aromatic rings. The van der Waals surface area contributed by atoms with E-state index in [1.54, 1.807) is 0 Å². The first-order valence-corrected chi connectivity index (χ1v) is 18.5. The molecule has 0 aliphatic rings. The normalized spacial score (nSPS) is 12.1. The Kier molecular flexibility index (Phi) is 6.09. The first-order chi connectivity index (χ1) is 26.8. The minimum absolute atomic E-state index is 0.882. The van der Waals surface area contributed by atoms with Crippen LogP contribution in [0.25, 0.3) is 120 Å². The maximum atomic E-state index is 6.88. The second kappa shape index (κ2) is 11.2. The van der Waals surface area contributed by atoms with Crippen LogP contribution in [0.15, 0.2) is 191 Å². The fraction of sp³-hybridized carbons (Fsp3) is 0. The zero-order valence-electron chi connectivity index (χ0n) is 29.1. The highest BCUT2D eigenvalue weighted by Gasteiger charge is 2.20. The molecule has 10 aromatic carbocycles. The van der Waals surface area contributed by atoms with Crippen molar-refractivity contribution in [1.82, 2.24) is 0 Å². The lowest BCUT2D eigenvalue weighted by Gasteiger charge is -2.18. The minimum atomic E-state index is 0.882. The van der Waals surface area contributed by atoms with Gasteiger partial charge in [-0.2, -0.15) is 0 Å². The number of fused-ring (bicyclic) bond motifs is 11. The van der Waals surface area contributed by atoms with Gasteiger partial charge in [-0.1, -0.05) is 140 Å². The van der Waals surface area contributed by atoms with E-state index >= 15 is 0 Å². The average molecular weight is 687 g/mol. The van der Waals surface area contributed by atoms with Crippen LogP contribution in [0.4, 0.5) is 0 Å². The fourth-order valence-electron chi connectivity index (χ4n) is 8.98. The van der Waals surface area contributed by atoms with Gasteiger partial charge in [0, 0.05) is 26.9 Å². The minimum Gasteiger partial charge on any atom is -0.456 e. The molecule has 0 aliphatic carbocycles. The molecule has 0 atom stereocenters. The monoisotopic (exact) mass is 686 g/mol. The third-order valence-corrected chi connectivity index (χ3v) is 11.4. The van der Waals surface area contributed by atoms with E-state index in [9.17, 15) is 0 Å². The van der Waals surface area contributed by atoms with Crippen LogP contribution in [-0.2, 0) is 0 Å². The molecule has 0 saturated carbocycles. The lowest BCUT2D eigenvalue weighted by Crippen LogP contribution is -1.91. The molecule has 0 spiro atoms. The maximum absolute atomic E-state index is 6.88. The molecule has 250 valence electrons. The van der Waals surface area contributed by atoms with Crippen LogP contribution in [0.1, 0.15) is 0 Å². The van der Waals surface area contributed by atoms with Crippen LogP contribution in [0.2, 0.25) is 0 Å². The predicted octanol–water partition coefficient (Wildman–Crippen LogP) is 15.1. The van der Waals surface area contributed by atoms with E-state index in [2.05, 4.69) is 170 Å². The Hall–Kier alpha value is -7.16. The standard InChI is InChI=1S/C52H30O2/c1-2-12-32-27-34(22-21-31(32)11-1)50-39-15-4-6-17-41(39)51(42-18-7-5-16-40(42)50)35-23-25-38-46-30-44(36-13-3-8-19-43(36)52(46)54-49(38)29-35)33-24-26-48-45(28-33)37-14-9-10-20-47(37)53-48/h1-30H. The quantitative estimate of drug-likeness (QED) is 0.173. The van der Waals surface area contributed by atoms with Crippen molar-refractivity contribution in [3.63, 3.8) is 0 Å². The van der Waals surface area contributed by atoms with Crippen molar-refractivity contribution in [3.8, 4) is 33.4 Å². The summed E-state index contributed by atoms with van der Waals surface area (Å²) >= 11 is 0. The average Bonchev–Trinajstić information content (AvgIpc) is 3.80. The molecule has 12 rings (SSSR count). The summed E-state index contributed by atoms with van der Waals surface area (Å²) in [6.45, 7) is 0. The van der Waals surface area contributed by atoms with Gasteiger partial charge < -0.3 is 8.83 Å². The Balaban J connectivity index is 1.09. The Labute approximate surface area is 310 Å². The summed E-state index contributed by atoms with van der Waals surface area (Å²) in [7, 11) is 0. The number of furan rings is 2. The first-order valence-electron chi connectivity index (χ1n) is 18.5. The van der Waals surface area contributed by atoms with Crippen LogP contribution in [0, 0.1) is 0 Å². The molecule has 0 saturated heterocycles. The smallest absolute Gasteiger partial charge is 0.143 e. The third kappa shape index (κ3) is 4.22. The number of rotatable bonds is 3. The second-order valence-corrected chi connectivity index (χ2v) is 14.4. The summed E-state index contributed by atoms with van der Waals surface area (Å²) in [5.41, 5.74) is 10.8. The highest BCUT2D eigenvalue weighted by Crippen LogP contribution is 2.46. The summed E-state index contributed by atoms with van der Waals surface area (Å²) in [5, 5.41) is 14.2. The lowest BCUT2D eigenvalue weighted by atomic mass is 9.85. The highest BCUT2D eigenvalue weighted by atomic mass is 16.3. The predicted molar refractivity (Wildman–Crippen MR) is 227 cm³/mol. The number of benzene rings is 10. The lowest BCUT2D eigenvalue weighted by molar-refractivity contribution is 0.669. The van der Waals surface area contributed by atoms with Crippen molar-refractivity contribution in [2.45, 2.75) is 0 Å².